The van der Waals surface area contributed by atoms with Crippen LogP contribution in [0.5, 0.6) is 0 Å². The van der Waals surface area contributed by atoms with Crippen LogP contribution in [0, 0.1) is 5.92 Å². The average Bonchev–Trinajstić information content (AvgIpc) is 3.59. The molecule has 3 fully saturated rings. The summed E-state index contributed by atoms with van der Waals surface area (Å²) in [5.74, 6) is 0.918. The normalized spacial score (nSPS) is 28.8. The van der Waals surface area contributed by atoms with Crippen molar-refractivity contribution in [2.45, 2.75) is 82.0 Å². The number of amides is 2. The van der Waals surface area contributed by atoms with E-state index < -0.39 is 16.1 Å². The predicted molar refractivity (Wildman–Crippen MR) is 180 cm³/mol. The number of rotatable bonds is 6. The number of nitrogens with one attached hydrogen (secondary N) is 1. The van der Waals surface area contributed by atoms with Crippen molar-refractivity contribution in [1.29, 1.82) is 0 Å². The number of allylic oxidation sites excluding steroid dienone is 4. The maximum absolute atomic E-state index is 14.8. The molecule has 2 bridgehead atoms. The van der Waals surface area contributed by atoms with Crippen LogP contribution in [-0.2, 0) is 31.1 Å². The summed E-state index contributed by atoms with van der Waals surface area (Å²) < 4.78 is 37.0. The summed E-state index contributed by atoms with van der Waals surface area (Å²) >= 11 is 0. The molecule has 1 aromatic heterocycles. The van der Waals surface area contributed by atoms with Crippen molar-refractivity contribution in [3.05, 3.63) is 57.8 Å². The maximum Gasteiger partial charge on any atom is 0.303 e. The number of fused-ring (bicyclic) bond motifs is 8. The molecule has 2 saturated heterocycles. The van der Waals surface area contributed by atoms with Crippen molar-refractivity contribution in [3.8, 4) is 0 Å². The smallest absolute Gasteiger partial charge is 0.303 e. The summed E-state index contributed by atoms with van der Waals surface area (Å²) in [5.41, 5.74) is 5.15. The summed E-state index contributed by atoms with van der Waals surface area (Å²) in [4.78, 5) is 35.5. The van der Waals surface area contributed by atoms with Crippen molar-refractivity contribution in [2.24, 2.45) is 5.92 Å². The fraction of sp³-hybridized carbons (Fsp3) is 0.600. The predicted octanol–water partition coefficient (Wildman–Crippen LogP) is 3.14. The van der Waals surface area contributed by atoms with Gasteiger partial charge in [-0.2, -0.15) is 12.7 Å². The molecule has 12 heteroatoms. The summed E-state index contributed by atoms with van der Waals surface area (Å²) in [5, 5.41) is 0. The Morgan fingerprint density at radius 3 is 2.43 bits per heavy atom. The second-order valence-electron chi connectivity index (χ2n) is 14.6. The van der Waals surface area contributed by atoms with Crippen molar-refractivity contribution in [3.63, 3.8) is 0 Å². The topological polar surface area (TPSA) is 107 Å². The molecule has 4 atom stereocenters. The summed E-state index contributed by atoms with van der Waals surface area (Å²) in [6, 6.07) is 3.08. The van der Waals surface area contributed by atoms with E-state index >= 15 is 0 Å². The second-order valence-corrected chi connectivity index (χ2v) is 16.5. The largest absolute Gasteiger partial charge is 0.496 e. The van der Waals surface area contributed by atoms with Gasteiger partial charge in [0.1, 0.15) is 11.6 Å². The Morgan fingerprint density at radius 1 is 1.02 bits per heavy atom. The first-order valence-electron chi connectivity index (χ1n) is 17.2. The molecule has 252 valence electrons. The maximum atomic E-state index is 14.8. The van der Waals surface area contributed by atoms with E-state index in [0.29, 0.717) is 24.6 Å². The molecule has 1 saturated carbocycles. The van der Waals surface area contributed by atoms with E-state index in [2.05, 4.69) is 55.3 Å². The molecule has 0 spiro atoms. The molecule has 1 aromatic rings. The molecule has 2 amide bonds. The third kappa shape index (κ3) is 4.92. The highest BCUT2D eigenvalue weighted by atomic mass is 32.2. The minimum absolute atomic E-state index is 0.195. The van der Waals surface area contributed by atoms with Crippen LogP contribution in [0.3, 0.4) is 0 Å². The summed E-state index contributed by atoms with van der Waals surface area (Å²) in [6.07, 6.45) is 14.9. The van der Waals surface area contributed by atoms with Crippen LogP contribution in [0.4, 0.5) is 5.82 Å². The van der Waals surface area contributed by atoms with E-state index in [1.54, 1.807) is 7.11 Å². The van der Waals surface area contributed by atoms with Crippen LogP contribution in [0.1, 0.15) is 68.5 Å². The van der Waals surface area contributed by atoms with Crippen LogP contribution in [0.15, 0.2) is 46.6 Å². The van der Waals surface area contributed by atoms with Crippen LogP contribution in [-0.4, -0.2) is 105 Å². The van der Waals surface area contributed by atoms with Crippen LogP contribution < -0.4 is 9.62 Å². The van der Waals surface area contributed by atoms with Crippen molar-refractivity contribution in [1.82, 2.24) is 23.4 Å². The van der Waals surface area contributed by atoms with Gasteiger partial charge in [-0.25, -0.2) is 4.72 Å². The zero-order chi connectivity index (χ0) is 32.8. The lowest BCUT2D eigenvalue weighted by Crippen LogP contribution is -2.56. The van der Waals surface area contributed by atoms with Crippen LogP contribution in [0.2, 0.25) is 0 Å². The van der Waals surface area contributed by atoms with Gasteiger partial charge >= 0.3 is 10.2 Å². The molecular weight excluding hydrogens is 616 g/mol. The van der Waals surface area contributed by atoms with E-state index in [-0.39, 0.29) is 29.8 Å². The fourth-order valence-corrected chi connectivity index (χ4v) is 9.96. The lowest BCUT2D eigenvalue weighted by atomic mass is 9.75. The highest BCUT2D eigenvalue weighted by molar-refractivity contribution is 7.87. The van der Waals surface area contributed by atoms with E-state index in [4.69, 9.17) is 4.74 Å². The number of likely N-dealkylation sites (N-methyl/N-ethyl adjacent to an activating group) is 1. The third-order valence-electron chi connectivity index (χ3n) is 11.7. The fourth-order valence-electron chi connectivity index (χ4n) is 9.44. The highest BCUT2D eigenvalue weighted by Gasteiger charge is 2.51. The van der Waals surface area contributed by atoms with Crippen LogP contribution in [0.25, 0.3) is 5.76 Å². The monoisotopic (exact) mass is 662 g/mol. The summed E-state index contributed by atoms with van der Waals surface area (Å²) in [7, 11) is 2.69. The van der Waals surface area contributed by atoms with Gasteiger partial charge in [0.2, 0.25) is 5.91 Å². The molecule has 1 N–H and O–H groups in total. The van der Waals surface area contributed by atoms with Gasteiger partial charge in [-0.1, -0.05) is 31.4 Å². The Hall–Kier alpha value is -3.35. The number of anilines is 1. The van der Waals surface area contributed by atoms with Crippen molar-refractivity contribution < 1.29 is 22.7 Å². The van der Waals surface area contributed by atoms with Gasteiger partial charge in [0.15, 0.2) is 0 Å². The first-order valence-corrected chi connectivity index (χ1v) is 18.7. The number of likely N-dealkylation sites (tertiary alicyclic amines) is 1. The highest BCUT2D eigenvalue weighted by Crippen LogP contribution is 2.56. The van der Waals surface area contributed by atoms with Gasteiger partial charge in [-0.15, -0.1) is 0 Å². The molecule has 8 rings (SSSR count). The second kappa shape index (κ2) is 11.4. The van der Waals surface area contributed by atoms with Gasteiger partial charge in [0.25, 0.3) is 5.91 Å². The molecular formula is C35H46N6O5S. The number of piperazine rings is 1. The SMILES string of the molecule is COC1=CCN(C2CCCCC2)c2c1cc1n2CC2=C(C(=O)NS(=O)(=O)N(C)C)C2=C2C=CC[C@@H](C(=O)N3C4CCC3CN(C)C4)[C@@H]21. The molecule has 47 heavy (non-hydrogen) atoms. The number of carbonyl (C=O) groups excluding carboxylic acids is 2. The Bertz CT molecular complexity index is 1750. The molecule has 3 aliphatic carbocycles. The Balaban J connectivity index is 1.27. The molecule has 5 heterocycles. The lowest BCUT2D eigenvalue weighted by Gasteiger charge is -2.43. The van der Waals surface area contributed by atoms with Crippen molar-refractivity contribution in [2.75, 3.05) is 52.8 Å². The van der Waals surface area contributed by atoms with E-state index in [9.17, 15) is 18.0 Å². The first kappa shape index (κ1) is 31.0. The number of hydrogen-bond acceptors (Lipinski definition) is 7. The van der Waals surface area contributed by atoms with Gasteiger partial charge in [0.05, 0.1) is 30.7 Å². The van der Waals surface area contributed by atoms with E-state index in [1.165, 1.54) is 33.4 Å². The van der Waals surface area contributed by atoms with Gasteiger partial charge in [0, 0.05) is 63.5 Å². The van der Waals surface area contributed by atoms with Crippen LogP contribution >= 0.6 is 0 Å². The average molecular weight is 663 g/mol. The lowest BCUT2D eigenvalue weighted by molar-refractivity contribution is -0.141. The van der Waals surface area contributed by atoms with Crippen molar-refractivity contribution >= 4 is 33.6 Å². The number of carbonyl (C=O) groups is 2. The minimum atomic E-state index is -3.98. The number of hydrogen-bond donors (Lipinski definition) is 1. The zero-order valence-corrected chi connectivity index (χ0v) is 28.7. The third-order valence-corrected chi connectivity index (χ3v) is 13.1. The Morgan fingerprint density at radius 2 is 1.74 bits per heavy atom. The Kier molecular flexibility index (Phi) is 7.49. The molecule has 7 aliphatic rings. The number of aromatic nitrogens is 1. The molecule has 2 unspecified atom stereocenters. The quantitative estimate of drug-likeness (QED) is 0.499. The van der Waals surface area contributed by atoms with Gasteiger partial charge < -0.3 is 24.0 Å². The molecule has 0 aromatic carbocycles. The molecule has 4 aliphatic heterocycles. The standard InChI is InChI=1S/C35H46N6O5S/c1-37(2)47(44,45)36-33(42)32-27-20-40-28(17-26-29(46-4)15-16-39(34(26)40)21-9-6-5-7-10-21)30-24(31(27)32)11-8-12-25(30)35(43)41-22-13-14-23(41)19-38(3)18-22/h8,11,15,17,21-23,25,30H,5-7,9-10,12-14,16,18-20H2,1-4H3,(H,36,42)/t22?,23?,25-,30-/m1/s1. The van der Waals surface area contributed by atoms with Gasteiger partial charge in [-0.05, 0) is 68.0 Å². The first-order chi connectivity index (χ1) is 22.6. The summed E-state index contributed by atoms with van der Waals surface area (Å²) in [6.45, 7) is 2.97. The van der Waals surface area contributed by atoms with E-state index in [1.807, 2.05) is 0 Å². The number of methoxy groups -OCH3 is 1. The molecule has 0 radical (unpaired) electrons. The van der Waals surface area contributed by atoms with E-state index in [0.717, 1.165) is 89.2 Å². The Labute approximate surface area is 277 Å². The number of ether oxygens (including phenoxy) is 1. The van der Waals surface area contributed by atoms with Gasteiger partial charge in [-0.3, -0.25) is 9.59 Å². The molecule has 11 nitrogen and oxygen atoms in total. The number of nitrogens with zero attached hydrogens (tertiary/aromatic N) is 5. The zero-order valence-electron chi connectivity index (χ0n) is 27.9. The minimum Gasteiger partial charge on any atom is -0.496 e.